The van der Waals surface area contributed by atoms with Gasteiger partial charge in [0.05, 0.1) is 0 Å². The van der Waals surface area contributed by atoms with Gasteiger partial charge in [0.2, 0.25) is 0 Å². The maximum Gasteiger partial charge on any atom is 0.289 e. The highest BCUT2D eigenvalue weighted by Gasteiger charge is 1.89. The standard InChI is InChI=1S/C4H4N2O2/c7-4-1-5-3-6(8)2-4/h1-3,7H. The molecule has 0 saturated carbocycles. The van der Waals surface area contributed by atoms with Crippen LogP contribution in [0, 0.1) is 5.21 Å². The van der Waals surface area contributed by atoms with Gasteiger partial charge in [0.25, 0.3) is 6.33 Å². The molecule has 1 aromatic rings. The van der Waals surface area contributed by atoms with Crippen LogP contribution in [0.2, 0.25) is 0 Å². The van der Waals surface area contributed by atoms with Gasteiger partial charge in [-0.2, -0.15) is 0 Å². The fraction of sp³-hybridized carbons (Fsp3) is 0. The van der Waals surface area contributed by atoms with Gasteiger partial charge in [0, 0.05) is 0 Å². The monoisotopic (exact) mass is 112 g/mol. The molecule has 0 aliphatic carbocycles. The van der Waals surface area contributed by atoms with Gasteiger partial charge in [-0.05, 0) is 0 Å². The second-order valence-electron chi connectivity index (χ2n) is 1.31. The van der Waals surface area contributed by atoms with Crippen molar-refractivity contribution in [2.45, 2.75) is 0 Å². The zero-order valence-electron chi connectivity index (χ0n) is 3.98. The molecule has 1 aromatic heterocycles. The van der Waals surface area contributed by atoms with Crippen LogP contribution in [0.15, 0.2) is 18.7 Å². The van der Waals surface area contributed by atoms with Crippen molar-refractivity contribution in [1.82, 2.24) is 4.98 Å². The van der Waals surface area contributed by atoms with Crippen LogP contribution < -0.4 is 4.73 Å². The number of hydrogen-bond donors (Lipinski definition) is 1. The van der Waals surface area contributed by atoms with Crippen LogP contribution in [0.1, 0.15) is 0 Å². The molecule has 0 radical (unpaired) electrons. The van der Waals surface area contributed by atoms with Crippen molar-refractivity contribution >= 4 is 0 Å². The molecule has 1 rings (SSSR count). The van der Waals surface area contributed by atoms with Crippen LogP contribution in [-0.2, 0) is 0 Å². The predicted octanol–water partition coefficient (Wildman–Crippen LogP) is -0.579. The molecule has 0 saturated heterocycles. The van der Waals surface area contributed by atoms with E-state index in [0.717, 1.165) is 12.5 Å². The maximum atomic E-state index is 10.2. The second-order valence-corrected chi connectivity index (χ2v) is 1.31. The van der Waals surface area contributed by atoms with Crippen molar-refractivity contribution in [1.29, 1.82) is 0 Å². The topological polar surface area (TPSA) is 60.1 Å². The summed E-state index contributed by atoms with van der Waals surface area (Å²) in [5.41, 5.74) is 0. The minimum atomic E-state index is -0.123. The van der Waals surface area contributed by atoms with Gasteiger partial charge in [-0.15, -0.1) is 0 Å². The Labute approximate surface area is 45.6 Å². The Bertz CT molecular complexity index is 172. The van der Waals surface area contributed by atoms with E-state index in [4.69, 9.17) is 5.11 Å². The minimum Gasteiger partial charge on any atom is -0.711 e. The fourth-order valence-corrected chi connectivity index (χ4v) is 0.372. The maximum absolute atomic E-state index is 10.2. The first-order chi connectivity index (χ1) is 3.79. The summed E-state index contributed by atoms with van der Waals surface area (Å²) in [6.07, 6.45) is 3.26. The summed E-state index contributed by atoms with van der Waals surface area (Å²) in [4.78, 5) is 3.38. The lowest BCUT2D eigenvalue weighted by molar-refractivity contribution is -0.609. The first-order valence-corrected chi connectivity index (χ1v) is 2.02. The van der Waals surface area contributed by atoms with Gasteiger partial charge in [-0.25, -0.2) is 4.73 Å². The van der Waals surface area contributed by atoms with E-state index in [0.29, 0.717) is 4.73 Å². The summed E-state index contributed by atoms with van der Waals surface area (Å²) in [5, 5.41) is 18.7. The molecule has 0 amide bonds. The largest absolute Gasteiger partial charge is 0.711 e. The van der Waals surface area contributed by atoms with E-state index in [-0.39, 0.29) is 5.75 Å². The first kappa shape index (κ1) is 4.83. The molecule has 4 nitrogen and oxygen atoms in total. The zero-order valence-corrected chi connectivity index (χ0v) is 3.98. The molecule has 0 spiro atoms. The molecule has 8 heavy (non-hydrogen) atoms. The van der Waals surface area contributed by atoms with Crippen LogP contribution in [0.25, 0.3) is 0 Å². The molecule has 0 unspecified atom stereocenters. The predicted molar refractivity (Wildman–Crippen MR) is 24.9 cm³/mol. The summed E-state index contributed by atoms with van der Waals surface area (Å²) in [6, 6.07) is 0. The molecular weight excluding hydrogens is 108 g/mol. The Morgan fingerprint density at radius 1 is 1.75 bits per heavy atom. The second kappa shape index (κ2) is 1.65. The number of nitrogens with zero attached hydrogens (tertiary/aromatic N) is 2. The Morgan fingerprint density at radius 2 is 2.50 bits per heavy atom. The molecule has 0 aliphatic heterocycles. The summed E-state index contributed by atoms with van der Waals surface area (Å²) < 4.78 is 0.426. The van der Waals surface area contributed by atoms with Crippen molar-refractivity contribution in [2.75, 3.05) is 0 Å². The SMILES string of the molecule is [O-][n+]1cncc(O)c1. The molecule has 1 heterocycles. The number of aromatic nitrogens is 2. The van der Waals surface area contributed by atoms with Crippen molar-refractivity contribution in [3.05, 3.63) is 23.9 Å². The summed E-state index contributed by atoms with van der Waals surface area (Å²) in [5.74, 6) is -0.123. The van der Waals surface area contributed by atoms with Gasteiger partial charge in [0.1, 0.15) is 6.20 Å². The summed E-state index contributed by atoms with van der Waals surface area (Å²) in [6.45, 7) is 0. The highest BCUT2D eigenvalue weighted by atomic mass is 16.5. The van der Waals surface area contributed by atoms with Gasteiger partial charge < -0.3 is 10.3 Å². The van der Waals surface area contributed by atoms with Gasteiger partial charge in [-0.3, -0.25) is 0 Å². The Hall–Kier alpha value is -1.32. The molecule has 0 bridgehead atoms. The fourth-order valence-electron chi connectivity index (χ4n) is 0.372. The van der Waals surface area contributed by atoms with Crippen LogP contribution >= 0.6 is 0 Å². The van der Waals surface area contributed by atoms with Gasteiger partial charge >= 0.3 is 0 Å². The van der Waals surface area contributed by atoms with Gasteiger partial charge in [-0.1, -0.05) is 4.98 Å². The van der Waals surface area contributed by atoms with Crippen molar-refractivity contribution < 1.29 is 9.84 Å². The quantitative estimate of drug-likeness (QED) is 0.361. The molecule has 4 heteroatoms. The Balaban J connectivity index is 3.08. The van der Waals surface area contributed by atoms with E-state index in [1.54, 1.807) is 0 Å². The lowest BCUT2D eigenvalue weighted by Gasteiger charge is -1.94. The Kier molecular flexibility index (Phi) is 0.997. The average Bonchev–Trinajstić information content (AvgIpc) is 1.64. The molecule has 0 fully saturated rings. The van der Waals surface area contributed by atoms with E-state index >= 15 is 0 Å². The van der Waals surface area contributed by atoms with E-state index in [9.17, 15) is 5.21 Å². The van der Waals surface area contributed by atoms with Crippen LogP contribution in [0.3, 0.4) is 0 Å². The van der Waals surface area contributed by atoms with Crippen molar-refractivity contribution in [3.63, 3.8) is 0 Å². The van der Waals surface area contributed by atoms with Crippen LogP contribution in [0.4, 0.5) is 0 Å². The van der Waals surface area contributed by atoms with E-state index in [1.807, 2.05) is 0 Å². The summed E-state index contributed by atoms with van der Waals surface area (Å²) in [7, 11) is 0. The first-order valence-electron chi connectivity index (χ1n) is 2.02. The molecular formula is C4H4N2O2. The molecule has 0 aliphatic rings. The Morgan fingerprint density at radius 3 is 2.88 bits per heavy atom. The third-order valence-electron chi connectivity index (χ3n) is 0.647. The molecule has 42 valence electrons. The molecule has 1 N–H and O–H groups in total. The third-order valence-corrected chi connectivity index (χ3v) is 0.647. The number of rotatable bonds is 0. The number of aromatic hydroxyl groups is 1. The normalized spacial score (nSPS) is 9.00. The molecule has 0 aromatic carbocycles. The number of hydrogen-bond acceptors (Lipinski definition) is 3. The molecule has 0 atom stereocenters. The van der Waals surface area contributed by atoms with Crippen molar-refractivity contribution in [3.8, 4) is 5.75 Å². The lowest BCUT2D eigenvalue weighted by atomic mass is 10.6. The van der Waals surface area contributed by atoms with Crippen LogP contribution in [0.5, 0.6) is 5.75 Å². The minimum absolute atomic E-state index is 0.123. The highest BCUT2D eigenvalue weighted by Crippen LogP contribution is 1.95. The van der Waals surface area contributed by atoms with Crippen molar-refractivity contribution in [2.24, 2.45) is 0 Å². The zero-order chi connectivity index (χ0) is 5.98. The smallest absolute Gasteiger partial charge is 0.289 e. The third kappa shape index (κ3) is 0.841. The van der Waals surface area contributed by atoms with Crippen LogP contribution in [-0.4, -0.2) is 10.1 Å². The average molecular weight is 112 g/mol. The van der Waals surface area contributed by atoms with E-state index in [1.165, 1.54) is 6.20 Å². The highest BCUT2D eigenvalue weighted by molar-refractivity contribution is 5.03. The van der Waals surface area contributed by atoms with Gasteiger partial charge in [0.15, 0.2) is 11.9 Å². The lowest BCUT2D eigenvalue weighted by Crippen LogP contribution is -2.24. The van der Waals surface area contributed by atoms with E-state index in [2.05, 4.69) is 4.98 Å². The van der Waals surface area contributed by atoms with E-state index < -0.39 is 0 Å². The summed E-state index contributed by atoms with van der Waals surface area (Å²) >= 11 is 0.